The van der Waals surface area contributed by atoms with Crippen LogP contribution in [0.4, 0.5) is 0 Å². The quantitative estimate of drug-likeness (QED) is 0.221. The van der Waals surface area contributed by atoms with Crippen LogP contribution in [0.25, 0.3) is 0 Å². The minimum Gasteiger partial charge on any atom is -0.462 e. The van der Waals surface area contributed by atoms with Crippen LogP contribution >= 0.6 is 0 Å². The molecule has 0 amide bonds. The second kappa shape index (κ2) is 11.5. The molecule has 1 spiro atoms. The highest BCUT2D eigenvalue weighted by molar-refractivity contribution is 5.69. The summed E-state index contributed by atoms with van der Waals surface area (Å²) >= 11 is 0. The summed E-state index contributed by atoms with van der Waals surface area (Å²) < 4.78 is 19.6. The van der Waals surface area contributed by atoms with Crippen molar-refractivity contribution in [3.8, 4) is 0 Å². The van der Waals surface area contributed by atoms with Crippen molar-refractivity contribution in [2.75, 3.05) is 6.61 Å². The van der Waals surface area contributed by atoms with E-state index >= 15 is 0 Å². The number of ether oxygens (including phenoxy) is 3. The van der Waals surface area contributed by atoms with Crippen LogP contribution in [0.3, 0.4) is 0 Å². The zero-order valence-electron chi connectivity index (χ0n) is 26.6. The van der Waals surface area contributed by atoms with Gasteiger partial charge in [0.1, 0.15) is 6.10 Å². The van der Waals surface area contributed by atoms with Crippen LogP contribution in [0.1, 0.15) is 144 Å². The summed E-state index contributed by atoms with van der Waals surface area (Å²) in [4.78, 5) is 12.6. The van der Waals surface area contributed by atoms with E-state index < -0.39 is 0 Å². The fraction of sp³-hybridized carbons (Fsp3) is 0.972. The molecule has 40 heavy (non-hydrogen) atoms. The predicted molar refractivity (Wildman–Crippen MR) is 160 cm³/mol. The molecule has 4 saturated carbocycles. The number of unbranched alkanes of at least 4 members (excludes halogenated alkanes) is 5. The third kappa shape index (κ3) is 5.01. The summed E-state index contributed by atoms with van der Waals surface area (Å²) in [5, 5.41) is 0. The van der Waals surface area contributed by atoms with Crippen molar-refractivity contribution < 1.29 is 19.0 Å². The summed E-state index contributed by atoms with van der Waals surface area (Å²) in [6, 6.07) is 0. The monoisotopic (exact) mass is 556 g/mol. The average Bonchev–Trinajstić information content (AvgIpc) is 3.38. The van der Waals surface area contributed by atoms with Gasteiger partial charge in [-0.1, -0.05) is 66.7 Å². The molecule has 4 nitrogen and oxygen atoms in total. The molecule has 2 heterocycles. The second-order valence-electron chi connectivity index (χ2n) is 16.1. The van der Waals surface area contributed by atoms with Crippen molar-refractivity contribution in [2.24, 2.45) is 52.3 Å². The number of rotatable bonds is 8. The van der Waals surface area contributed by atoms with Crippen molar-refractivity contribution in [1.29, 1.82) is 0 Å². The Morgan fingerprint density at radius 3 is 2.40 bits per heavy atom. The van der Waals surface area contributed by atoms with Gasteiger partial charge in [0.2, 0.25) is 0 Å². The third-order valence-corrected chi connectivity index (χ3v) is 13.9. The first kappa shape index (κ1) is 29.5. The van der Waals surface area contributed by atoms with Gasteiger partial charge in [-0.15, -0.1) is 0 Å². The summed E-state index contributed by atoms with van der Waals surface area (Å²) in [6.07, 6.45) is 20.9. The second-order valence-corrected chi connectivity index (χ2v) is 16.1. The van der Waals surface area contributed by atoms with Crippen molar-refractivity contribution in [3.05, 3.63) is 0 Å². The maximum atomic E-state index is 12.6. The van der Waals surface area contributed by atoms with Crippen LogP contribution in [-0.2, 0) is 19.0 Å². The van der Waals surface area contributed by atoms with Gasteiger partial charge < -0.3 is 14.2 Å². The van der Waals surface area contributed by atoms with Gasteiger partial charge in [-0.25, -0.2) is 0 Å². The van der Waals surface area contributed by atoms with Gasteiger partial charge in [-0.3, -0.25) is 4.79 Å². The number of hydrogen-bond donors (Lipinski definition) is 0. The van der Waals surface area contributed by atoms with Crippen molar-refractivity contribution in [3.63, 3.8) is 0 Å². The molecule has 0 unspecified atom stereocenters. The first-order valence-corrected chi connectivity index (χ1v) is 17.7. The Bertz CT molecular complexity index is 893. The van der Waals surface area contributed by atoms with Crippen LogP contribution in [0.5, 0.6) is 0 Å². The molecule has 6 rings (SSSR count). The van der Waals surface area contributed by atoms with Crippen LogP contribution in [0.15, 0.2) is 0 Å². The number of carbonyl (C=O) groups excluding carboxylic acids is 1. The molecule has 6 aliphatic rings. The minimum atomic E-state index is -0.304. The van der Waals surface area contributed by atoms with E-state index in [1.54, 1.807) is 0 Å². The molecule has 4 aliphatic carbocycles. The van der Waals surface area contributed by atoms with E-state index in [0.29, 0.717) is 41.1 Å². The molecule has 6 fully saturated rings. The fourth-order valence-electron chi connectivity index (χ4n) is 11.6. The van der Waals surface area contributed by atoms with Gasteiger partial charge in [-0.2, -0.15) is 0 Å². The Morgan fingerprint density at radius 1 is 0.850 bits per heavy atom. The number of fused-ring (bicyclic) bond motifs is 7. The average molecular weight is 557 g/mol. The molecule has 0 N–H and O–H groups in total. The molecule has 2 aliphatic heterocycles. The Kier molecular flexibility index (Phi) is 8.45. The lowest BCUT2D eigenvalue weighted by molar-refractivity contribution is -0.273. The SMILES string of the molecule is CCCCCCCCC(=O)O[C@@H]1CC[C@@]2(C)[C@@H](CC[C@@H]3[C@@H]2CC[C@]2(C)[C@@H]4[C@@H](C[C@@H]32)O[C@@]2(CC[C@H](C)CO2)[C@H]4C)C1. The zero-order chi connectivity index (χ0) is 28.1. The third-order valence-electron chi connectivity index (χ3n) is 13.9. The maximum absolute atomic E-state index is 12.6. The molecule has 0 aromatic heterocycles. The van der Waals surface area contributed by atoms with Crippen LogP contribution in [-0.4, -0.2) is 30.6 Å². The lowest BCUT2D eigenvalue weighted by Gasteiger charge is -2.61. The van der Waals surface area contributed by atoms with Crippen molar-refractivity contribution in [2.45, 2.75) is 162 Å². The molecule has 0 aromatic rings. The Labute approximate surface area is 245 Å². The molecule has 228 valence electrons. The van der Waals surface area contributed by atoms with Crippen molar-refractivity contribution in [1.82, 2.24) is 0 Å². The summed E-state index contributed by atoms with van der Waals surface area (Å²) in [7, 11) is 0. The number of esters is 1. The molecule has 12 atom stereocenters. The lowest BCUT2D eigenvalue weighted by atomic mass is 9.44. The van der Waals surface area contributed by atoms with Gasteiger partial charge in [0.15, 0.2) is 5.79 Å². The lowest BCUT2D eigenvalue weighted by Crippen LogP contribution is -2.55. The standard InChI is InChI=1S/C36H60O4/c1-6-7-8-9-10-11-12-32(37)39-27-16-18-34(4)26(21-27)13-14-28-29(34)17-19-35(5)30(28)22-31-33(35)25(3)36(40-31)20-15-24(2)23-38-36/h24-31,33H,6-23H2,1-5H3/t24-,25-,26-,27+,28+,29-,30-,31+,33-,34-,35-,36-/m0/s1. The first-order chi connectivity index (χ1) is 19.2. The predicted octanol–water partition coefficient (Wildman–Crippen LogP) is 9.10. The molecule has 0 bridgehead atoms. The summed E-state index contributed by atoms with van der Waals surface area (Å²) in [5.74, 6) is 4.77. The molecule has 4 heteroatoms. The minimum absolute atomic E-state index is 0.0620. The van der Waals surface area contributed by atoms with E-state index in [1.165, 1.54) is 77.0 Å². The molecular formula is C36H60O4. The van der Waals surface area contributed by atoms with E-state index in [2.05, 4.69) is 34.6 Å². The van der Waals surface area contributed by atoms with Gasteiger partial charge in [0.05, 0.1) is 12.7 Å². The Morgan fingerprint density at radius 2 is 1.62 bits per heavy atom. The molecule has 0 aromatic carbocycles. The highest BCUT2D eigenvalue weighted by Crippen LogP contribution is 2.71. The van der Waals surface area contributed by atoms with E-state index in [0.717, 1.165) is 56.0 Å². The van der Waals surface area contributed by atoms with Gasteiger partial charge in [0.25, 0.3) is 0 Å². The van der Waals surface area contributed by atoms with E-state index in [1.807, 2.05) is 0 Å². The number of carbonyl (C=O) groups is 1. The molecular weight excluding hydrogens is 496 g/mol. The van der Waals surface area contributed by atoms with E-state index in [9.17, 15) is 4.79 Å². The van der Waals surface area contributed by atoms with E-state index in [4.69, 9.17) is 14.2 Å². The summed E-state index contributed by atoms with van der Waals surface area (Å²) in [6.45, 7) is 13.2. The van der Waals surface area contributed by atoms with Crippen molar-refractivity contribution >= 4 is 5.97 Å². The Hall–Kier alpha value is -0.610. The number of hydrogen-bond acceptors (Lipinski definition) is 4. The smallest absolute Gasteiger partial charge is 0.306 e. The largest absolute Gasteiger partial charge is 0.462 e. The molecule has 0 radical (unpaired) electrons. The van der Waals surface area contributed by atoms with E-state index in [-0.39, 0.29) is 17.9 Å². The summed E-state index contributed by atoms with van der Waals surface area (Å²) in [5.41, 5.74) is 0.814. The normalized spacial score (nSPS) is 49.7. The van der Waals surface area contributed by atoms with Crippen LogP contribution in [0, 0.1) is 52.3 Å². The first-order valence-electron chi connectivity index (χ1n) is 17.7. The Balaban J connectivity index is 1.05. The highest BCUT2D eigenvalue weighted by Gasteiger charge is 2.69. The maximum Gasteiger partial charge on any atom is 0.306 e. The topological polar surface area (TPSA) is 44.8 Å². The van der Waals surface area contributed by atoms with Crippen LogP contribution < -0.4 is 0 Å². The van der Waals surface area contributed by atoms with Gasteiger partial charge >= 0.3 is 5.97 Å². The zero-order valence-corrected chi connectivity index (χ0v) is 26.6. The molecule has 2 saturated heterocycles. The van der Waals surface area contributed by atoms with Crippen LogP contribution in [0.2, 0.25) is 0 Å². The fourth-order valence-corrected chi connectivity index (χ4v) is 11.6. The highest BCUT2D eigenvalue weighted by atomic mass is 16.7. The van der Waals surface area contributed by atoms with Gasteiger partial charge in [0, 0.05) is 18.8 Å². The van der Waals surface area contributed by atoms with Gasteiger partial charge in [-0.05, 0) is 111 Å².